The molecule has 0 aliphatic carbocycles. The minimum absolute atomic E-state index is 1.17. The smallest absolute Gasteiger partial charge is 0.0326 e. The molecule has 0 heterocycles. The molecule has 0 saturated carbocycles. The molecule has 0 N–H and O–H groups in total. The largest absolute Gasteiger partial charge is 0.100 e. The van der Waals surface area contributed by atoms with Crippen LogP contribution in [0.15, 0.2) is 36.5 Å². The van der Waals surface area contributed by atoms with Crippen molar-refractivity contribution in [3.8, 4) is 0 Å². The van der Waals surface area contributed by atoms with E-state index in [1.54, 1.807) is 0 Å². The molecule has 0 saturated heterocycles. The Kier molecular flexibility index (Phi) is 6.45. The second-order valence-corrected chi connectivity index (χ2v) is 3.36. The molecule has 0 radical (unpaired) electrons. The third-order valence-electron chi connectivity index (χ3n) is 1.85. The lowest BCUT2D eigenvalue weighted by molar-refractivity contribution is 0.742. The number of allylic oxidation sites excluding steroid dienone is 4. The zero-order valence-corrected chi connectivity index (χ0v) is 8.40. The van der Waals surface area contributed by atoms with Crippen LogP contribution in [0.1, 0.15) is 39.5 Å². The molecule has 0 fully saturated rings. The third kappa shape index (κ3) is 7.33. The van der Waals surface area contributed by atoms with Gasteiger partial charge in [0.2, 0.25) is 0 Å². The SMILES string of the molecule is C=C/C(C)=C/CCCCC(=C)C. The average molecular weight is 164 g/mol. The molecule has 0 aromatic rings. The Morgan fingerprint density at radius 2 is 1.92 bits per heavy atom. The van der Waals surface area contributed by atoms with E-state index in [1.807, 2.05) is 6.08 Å². The summed E-state index contributed by atoms with van der Waals surface area (Å²) in [6.07, 6.45) is 9.00. The molecule has 0 amide bonds. The van der Waals surface area contributed by atoms with Gasteiger partial charge in [-0.1, -0.05) is 29.9 Å². The molecule has 0 bridgehead atoms. The molecule has 0 unspecified atom stereocenters. The highest BCUT2D eigenvalue weighted by molar-refractivity contribution is 5.12. The van der Waals surface area contributed by atoms with E-state index in [2.05, 4.69) is 33.1 Å². The Balaban J connectivity index is 3.32. The zero-order valence-electron chi connectivity index (χ0n) is 8.40. The molecule has 0 spiro atoms. The first kappa shape index (κ1) is 11.2. The van der Waals surface area contributed by atoms with Crippen LogP contribution in [0, 0.1) is 0 Å². The molecule has 0 nitrogen and oxygen atoms in total. The van der Waals surface area contributed by atoms with Crippen molar-refractivity contribution < 1.29 is 0 Å². The van der Waals surface area contributed by atoms with Crippen LogP contribution in [-0.4, -0.2) is 0 Å². The fourth-order valence-electron chi connectivity index (χ4n) is 0.984. The lowest BCUT2D eigenvalue weighted by Crippen LogP contribution is -1.77. The Morgan fingerprint density at radius 3 is 2.42 bits per heavy atom. The number of unbranched alkanes of at least 4 members (excludes halogenated alkanes) is 2. The first-order valence-electron chi connectivity index (χ1n) is 4.60. The molecule has 0 heteroatoms. The van der Waals surface area contributed by atoms with Crippen LogP contribution in [0.25, 0.3) is 0 Å². The van der Waals surface area contributed by atoms with E-state index in [0.29, 0.717) is 0 Å². The highest BCUT2D eigenvalue weighted by atomic mass is 13.9. The van der Waals surface area contributed by atoms with Crippen molar-refractivity contribution in [3.05, 3.63) is 36.5 Å². The number of hydrogen-bond acceptors (Lipinski definition) is 0. The second kappa shape index (κ2) is 6.90. The van der Waals surface area contributed by atoms with Gasteiger partial charge >= 0.3 is 0 Å². The standard InChI is InChI=1S/C12H20/c1-5-12(4)10-8-6-7-9-11(2)3/h5,10H,1-2,6-9H2,3-4H3/b12-10+. The predicted molar refractivity (Wildman–Crippen MR) is 57.2 cm³/mol. The molecule has 0 aromatic heterocycles. The van der Waals surface area contributed by atoms with E-state index in [-0.39, 0.29) is 0 Å². The van der Waals surface area contributed by atoms with E-state index in [1.165, 1.54) is 36.8 Å². The second-order valence-electron chi connectivity index (χ2n) is 3.36. The van der Waals surface area contributed by atoms with Crippen LogP contribution >= 0.6 is 0 Å². The van der Waals surface area contributed by atoms with E-state index in [4.69, 9.17) is 0 Å². The summed E-state index contributed by atoms with van der Waals surface area (Å²) in [5.74, 6) is 0. The quantitative estimate of drug-likeness (QED) is 0.313. The predicted octanol–water partition coefficient (Wildman–Crippen LogP) is 4.26. The van der Waals surface area contributed by atoms with Crippen molar-refractivity contribution in [3.63, 3.8) is 0 Å². The highest BCUT2D eigenvalue weighted by Gasteiger charge is 1.87. The fourth-order valence-corrected chi connectivity index (χ4v) is 0.984. The average Bonchev–Trinajstić information content (AvgIpc) is 2.03. The molecule has 0 aromatic carbocycles. The van der Waals surface area contributed by atoms with Crippen molar-refractivity contribution in [2.24, 2.45) is 0 Å². The van der Waals surface area contributed by atoms with Gasteiger partial charge in [-0.2, -0.15) is 0 Å². The van der Waals surface area contributed by atoms with Gasteiger partial charge in [0, 0.05) is 0 Å². The van der Waals surface area contributed by atoms with Crippen molar-refractivity contribution in [2.75, 3.05) is 0 Å². The summed E-state index contributed by atoms with van der Waals surface area (Å²) in [5.41, 5.74) is 2.57. The lowest BCUT2D eigenvalue weighted by Gasteiger charge is -1.97. The first-order valence-corrected chi connectivity index (χ1v) is 4.60. The van der Waals surface area contributed by atoms with Gasteiger partial charge in [0.1, 0.15) is 0 Å². The van der Waals surface area contributed by atoms with Gasteiger partial charge in [-0.15, -0.1) is 6.58 Å². The summed E-state index contributed by atoms with van der Waals surface area (Å²) in [7, 11) is 0. The zero-order chi connectivity index (χ0) is 9.40. The van der Waals surface area contributed by atoms with Crippen molar-refractivity contribution in [1.82, 2.24) is 0 Å². The molecular formula is C12H20. The summed E-state index contributed by atoms with van der Waals surface area (Å²) in [5, 5.41) is 0. The molecule has 12 heavy (non-hydrogen) atoms. The minimum atomic E-state index is 1.17. The Hall–Kier alpha value is -0.780. The first-order chi connectivity index (χ1) is 5.66. The monoisotopic (exact) mass is 164 g/mol. The Labute approximate surface area is 76.7 Å². The van der Waals surface area contributed by atoms with Crippen molar-refractivity contribution in [1.29, 1.82) is 0 Å². The van der Waals surface area contributed by atoms with Gasteiger partial charge in [0.15, 0.2) is 0 Å². The molecule has 0 aliphatic heterocycles. The Bertz CT molecular complexity index is 172. The minimum Gasteiger partial charge on any atom is -0.100 e. The van der Waals surface area contributed by atoms with Gasteiger partial charge in [0.05, 0.1) is 0 Å². The molecule has 0 aliphatic rings. The normalized spacial score (nSPS) is 11.3. The molecule has 68 valence electrons. The molecule has 0 atom stereocenters. The fraction of sp³-hybridized carbons (Fsp3) is 0.500. The summed E-state index contributed by atoms with van der Waals surface area (Å²) in [4.78, 5) is 0. The third-order valence-corrected chi connectivity index (χ3v) is 1.85. The van der Waals surface area contributed by atoms with Crippen molar-refractivity contribution >= 4 is 0 Å². The maximum atomic E-state index is 3.87. The van der Waals surface area contributed by atoms with Crippen LogP contribution in [0.4, 0.5) is 0 Å². The Morgan fingerprint density at radius 1 is 1.25 bits per heavy atom. The summed E-state index contributed by atoms with van der Waals surface area (Å²) >= 11 is 0. The van der Waals surface area contributed by atoms with Crippen LogP contribution in [-0.2, 0) is 0 Å². The number of rotatable bonds is 6. The molecular weight excluding hydrogens is 144 g/mol. The van der Waals surface area contributed by atoms with Crippen LogP contribution < -0.4 is 0 Å². The van der Waals surface area contributed by atoms with E-state index >= 15 is 0 Å². The van der Waals surface area contributed by atoms with Gasteiger partial charge in [-0.25, -0.2) is 0 Å². The van der Waals surface area contributed by atoms with E-state index in [9.17, 15) is 0 Å². The van der Waals surface area contributed by atoms with Crippen molar-refractivity contribution in [2.45, 2.75) is 39.5 Å². The van der Waals surface area contributed by atoms with Crippen LogP contribution in [0.3, 0.4) is 0 Å². The van der Waals surface area contributed by atoms with Gasteiger partial charge < -0.3 is 0 Å². The maximum absolute atomic E-state index is 3.87. The van der Waals surface area contributed by atoms with Gasteiger partial charge in [-0.3, -0.25) is 0 Å². The number of hydrogen-bond donors (Lipinski definition) is 0. The summed E-state index contributed by atoms with van der Waals surface area (Å²) in [6, 6.07) is 0. The van der Waals surface area contributed by atoms with Crippen LogP contribution in [0.5, 0.6) is 0 Å². The maximum Gasteiger partial charge on any atom is -0.0326 e. The van der Waals surface area contributed by atoms with Gasteiger partial charge in [-0.05, 0) is 39.5 Å². The summed E-state index contributed by atoms with van der Waals surface area (Å²) < 4.78 is 0. The van der Waals surface area contributed by atoms with E-state index in [0.717, 1.165) is 0 Å². The topological polar surface area (TPSA) is 0 Å². The van der Waals surface area contributed by atoms with Gasteiger partial charge in [0.25, 0.3) is 0 Å². The highest BCUT2D eigenvalue weighted by Crippen LogP contribution is 2.07. The summed E-state index contributed by atoms with van der Waals surface area (Å²) in [6.45, 7) is 11.8. The molecule has 0 rings (SSSR count). The van der Waals surface area contributed by atoms with Crippen LogP contribution in [0.2, 0.25) is 0 Å². The lowest BCUT2D eigenvalue weighted by atomic mass is 10.1. The van der Waals surface area contributed by atoms with E-state index < -0.39 is 0 Å².